The van der Waals surface area contributed by atoms with Crippen LogP contribution in [0.25, 0.3) is 11.3 Å². The molecule has 2 aliphatic rings. The number of fused-ring (bicyclic) bond motifs is 1. The molecule has 0 bridgehead atoms. The third kappa shape index (κ3) is 3.16. The quantitative estimate of drug-likeness (QED) is 0.932. The fraction of sp³-hybridized carbons (Fsp3) is 0.444. The lowest BCUT2D eigenvalue weighted by atomic mass is 9.90. The van der Waals surface area contributed by atoms with E-state index < -0.39 is 0 Å². The summed E-state index contributed by atoms with van der Waals surface area (Å²) in [4.78, 5) is 16.7. The number of aryl methyl sites for hydroxylation is 2. The first-order valence-corrected chi connectivity index (χ1v) is 9.18. The molecule has 5 heteroatoms. The van der Waals surface area contributed by atoms with Crippen molar-refractivity contribution >= 4 is 22.4 Å². The molecule has 2 heterocycles. The van der Waals surface area contributed by atoms with Crippen molar-refractivity contribution in [2.24, 2.45) is 0 Å². The third-order valence-electron chi connectivity index (χ3n) is 4.60. The minimum atomic E-state index is -0.314. The molecular weight excluding hydrogens is 308 g/mol. The van der Waals surface area contributed by atoms with E-state index in [1.54, 1.807) is 0 Å². The molecule has 1 aliphatic carbocycles. The summed E-state index contributed by atoms with van der Waals surface area (Å²) in [5, 5.41) is 5.54. The highest BCUT2D eigenvalue weighted by Crippen LogP contribution is 2.29. The lowest BCUT2D eigenvalue weighted by Gasteiger charge is -2.16. The summed E-state index contributed by atoms with van der Waals surface area (Å²) in [7, 11) is 0. The molecule has 4 rings (SSSR count). The van der Waals surface area contributed by atoms with E-state index in [0.717, 1.165) is 30.5 Å². The van der Waals surface area contributed by atoms with Gasteiger partial charge in [-0.2, -0.15) is 0 Å². The zero-order valence-electron chi connectivity index (χ0n) is 13.0. The molecule has 120 valence electrons. The van der Waals surface area contributed by atoms with E-state index in [4.69, 9.17) is 4.74 Å². The number of thiazole rings is 1. The molecule has 0 radical (unpaired) electrons. The second-order valence-corrected chi connectivity index (χ2v) is 7.08. The molecule has 2 aromatic rings. The summed E-state index contributed by atoms with van der Waals surface area (Å²) < 4.78 is 5.41. The van der Waals surface area contributed by atoms with Crippen molar-refractivity contribution in [2.45, 2.75) is 44.6 Å². The number of benzene rings is 1. The number of anilines is 1. The van der Waals surface area contributed by atoms with Crippen molar-refractivity contribution in [1.82, 2.24) is 4.98 Å². The molecule has 0 saturated carbocycles. The van der Waals surface area contributed by atoms with Gasteiger partial charge < -0.3 is 4.74 Å². The van der Waals surface area contributed by atoms with Gasteiger partial charge in [0.1, 0.15) is 6.10 Å². The average molecular weight is 328 g/mol. The Labute approximate surface area is 139 Å². The Morgan fingerprint density at radius 2 is 2.09 bits per heavy atom. The van der Waals surface area contributed by atoms with Gasteiger partial charge in [0.15, 0.2) is 5.13 Å². The summed E-state index contributed by atoms with van der Waals surface area (Å²) in [6.07, 6.45) is 6.36. The molecule has 1 atom stereocenters. The van der Waals surface area contributed by atoms with E-state index in [2.05, 4.69) is 28.5 Å². The highest BCUT2D eigenvalue weighted by atomic mass is 32.1. The molecule has 1 fully saturated rings. The minimum absolute atomic E-state index is 0.0751. The van der Waals surface area contributed by atoms with Crippen LogP contribution in [0, 0.1) is 0 Å². The maximum Gasteiger partial charge on any atom is 0.255 e. The van der Waals surface area contributed by atoms with Crippen molar-refractivity contribution in [3.05, 3.63) is 34.7 Å². The summed E-state index contributed by atoms with van der Waals surface area (Å²) in [5.74, 6) is -0.0751. The monoisotopic (exact) mass is 328 g/mol. The Morgan fingerprint density at radius 1 is 1.22 bits per heavy atom. The fourth-order valence-electron chi connectivity index (χ4n) is 3.33. The Balaban J connectivity index is 1.50. The number of carbonyl (C=O) groups excluding carboxylic acids is 1. The molecule has 1 aliphatic heterocycles. The van der Waals surface area contributed by atoms with E-state index in [0.29, 0.717) is 11.7 Å². The van der Waals surface area contributed by atoms with Crippen molar-refractivity contribution in [3.63, 3.8) is 0 Å². The van der Waals surface area contributed by atoms with Crippen LogP contribution in [0.1, 0.15) is 36.8 Å². The van der Waals surface area contributed by atoms with Gasteiger partial charge in [-0.05, 0) is 55.7 Å². The first-order chi connectivity index (χ1) is 11.3. The Hall–Kier alpha value is -1.72. The Kier molecular flexibility index (Phi) is 4.14. The van der Waals surface area contributed by atoms with Crippen LogP contribution in [-0.2, 0) is 22.4 Å². The van der Waals surface area contributed by atoms with E-state index in [-0.39, 0.29) is 12.0 Å². The number of aromatic nitrogens is 1. The van der Waals surface area contributed by atoms with Crippen LogP contribution in [0.15, 0.2) is 23.6 Å². The molecular formula is C18H20N2O2S. The Bertz CT molecular complexity index is 720. The zero-order chi connectivity index (χ0) is 15.6. The van der Waals surface area contributed by atoms with Crippen LogP contribution in [0.5, 0.6) is 0 Å². The molecule has 1 saturated heterocycles. The highest BCUT2D eigenvalue weighted by molar-refractivity contribution is 7.14. The Morgan fingerprint density at radius 3 is 2.91 bits per heavy atom. The van der Waals surface area contributed by atoms with Crippen LogP contribution >= 0.6 is 11.3 Å². The molecule has 1 aromatic carbocycles. The fourth-order valence-corrected chi connectivity index (χ4v) is 4.05. The van der Waals surface area contributed by atoms with Crippen LogP contribution < -0.4 is 5.32 Å². The first kappa shape index (κ1) is 14.8. The second kappa shape index (κ2) is 6.42. The highest BCUT2D eigenvalue weighted by Gasteiger charge is 2.24. The van der Waals surface area contributed by atoms with Crippen LogP contribution in [0.3, 0.4) is 0 Å². The van der Waals surface area contributed by atoms with Gasteiger partial charge in [0, 0.05) is 17.6 Å². The topological polar surface area (TPSA) is 51.2 Å². The SMILES string of the molecule is O=C(Nc1nc(-c2ccc3c(c2)CCCC3)cs1)[C@H]1CCCO1. The maximum absolute atomic E-state index is 12.1. The van der Waals surface area contributed by atoms with Gasteiger partial charge >= 0.3 is 0 Å². The predicted molar refractivity (Wildman–Crippen MR) is 91.8 cm³/mol. The molecule has 1 amide bonds. The van der Waals surface area contributed by atoms with Crippen LogP contribution in [-0.4, -0.2) is 23.6 Å². The zero-order valence-corrected chi connectivity index (χ0v) is 13.8. The average Bonchev–Trinajstić information content (AvgIpc) is 3.26. The number of hydrogen-bond acceptors (Lipinski definition) is 4. The largest absolute Gasteiger partial charge is 0.368 e. The van der Waals surface area contributed by atoms with Crippen molar-refractivity contribution < 1.29 is 9.53 Å². The maximum atomic E-state index is 12.1. The van der Waals surface area contributed by atoms with Gasteiger partial charge in [-0.25, -0.2) is 4.98 Å². The number of nitrogens with one attached hydrogen (secondary N) is 1. The number of nitrogens with zero attached hydrogens (tertiary/aromatic N) is 1. The number of rotatable bonds is 3. The normalized spacial score (nSPS) is 20.3. The van der Waals surface area contributed by atoms with Gasteiger partial charge in [-0.1, -0.05) is 12.1 Å². The van der Waals surface area contributed by atoms with Gasteiger partial charge in [0.2, 0.25) is 0 Å². The van der Waals surface area contributed by atoms with Crippen molar-refractivity contribution in [1.29, 1.82) is 0 Å². The standard InChI is InChI=1S/C18H20N2O2S/c21-17(16-6-3-9-22-16)20-18-19-15(11-23-18)14-8-7-12-4-1-2-5-13(12)10-14/h7-8,10-11,16H,1-6,9H2,(H,19,20,21)/t16-/m1/s1. The van der Waals surface area contributed by atoms with E-state index in [9.17, 15) is 4.79 Å². The predicted octanol–water partition coefficient (Wildman–Crippen LogP) is 3.81. The minimum Gasteiger partial charge on any atom is -0.368 e. The molecule has 1 aromatic heterocycles. The van der Waals surface area contributed by atoms with Gasteiger partial charge in [0.05, 0.1) is 5.69 Å². The number of hydrogen-bond donors (Lipinski definition) is 1. The van der Waals surface area contributed by atoms with E-state index >= 15 is 0 Å². The lowest BCUT2D eigenvalue weighted by Crippen LogP contribution is -2.26. The van der Waals surface area contributed by atoms with Crippen LogP contribution in [0.2, 0.25) is 0 Å². The van der Waals surface area contributed by atoms with Gasteiger partial charge in [0.25, 0.3) is 5.91 Å². The van der Waals surface area contributed by atoms with Gasteiger partial charge in [-0.15, -0.1) is 11.3 Å². The second-order valence-electron chi connectivity index (χ2n) is 6.22. The van der Waals surface area contributed by atoms with Crippen molar-refractivity contribution in [2.75, 3.05) is 11.9 Å². The van der Waals surface area contributed by atoms with Crippen molar-refractivity contribution in [3.8, 4) is 11.3 Å². The number of carbonyl (C=O) groups is 1. The van der Waals surface area contributed by atoms with E-state index in [1.165, 1.54) is 41.7 Å². The van der Waals surface area contributed by atoms with Crippen LogP contribution in [0.4, 0.5) is 5.13 Å². The molecule has 1 N–H and O–H groups in total. The third-order valence-corrected chi connectivity index (χ3v) is 5.36. The lowest BCUT2D eigenvalue weighted by molar-refractivity contribution is -0.124. The number of ether oxygens (including phenoxy) is 1. The smallest absolute Gasteiger partial charge is 0.255 e. The first-order valence-electron chi connectivity index (χ1n) is 8.30. The molecule has 0 spiro atoms. The molecule has 4 nitrogen and oxygen atoms in total. The summed E-state index contributed by atoms with van der Waals surface area (Å²) in [5.41, 5.74) is 5.00. The van der Waals surface area contributed by atoms with Gasteiger partial charge in [-0.3, -0.25) is 10.1 Å². The molecule has 23 heavy (non-hydrogen) atoms. The number of amides is 1. The summed E-state index contributed by atoms with van der Waals surface area (Å²) >= 11 is 1.47. The van der Waals surface area contributed by atoms with E-state index in [1.807, 2.05) is 5.38 Å². The summed E-state index contributed by atoms with van der Waals surface area (Å²) in [6.45, 7) is 0.677. The molecule has 0 unspecified atom stereocenters. The summed E-state index contributed by atoms with van der Waals surface area (Å²) in [6, 6.07) is 6.63.